The Labute approximate surface area is 119 Å². The zero-order valence-electron chi connectivity index (χ0n) is 11.1. The fraction of sp³-hybridized carbons (Fsp3) is 0.308. The highest BCUT2D eigenvalue weighted by Gasteiger charge is 2.47. The van der Waals surface area contributed by atoms with Gasteiger partial charge in [0.25, 0.3) is 0 Å². The molecule has 1 N–H and O–H groups in total. The number of carbonyl (C=O) groups is 2. The second kappa shape index (κ2) is 4.97. The van der Waals surface area contributed by atoms with Gasteiger partial charge in [-0.1, -0.05) is 0 Å². The molecule has 0 saturated heterocycles. The number of esters is 1. The van der Waals surface area contributed by atoms with Crippen LogP contribution >= 0.6 is 0 Å². The van der Waals surface area contributed by atoms with Crippen LogP contribution in [-0.4, -0.2) is 44.4 Å². The van der Waals surface area contributed by atoms with Crippen molar-refractivity contribution in [3.05, 3.63) is 35.7 Å². The number of aromatic nitrogens is 4. The van der Waals surface area contributed by atoms with E-state index in [1.807, 2.05) is 0 Å². The van der Waals surface area contributed by atoms with Crippen molar-refractivity contribution in [3.8, 4) is 5.69 Å². The Morgan fingerprint density at radius 1 is 1.33 bits per heavy atom. The van der Waals surface area contributed by atoms with Crippen LogP contribution in [0.3, 0.4) is 0 Å². The van der Waals surface area contributed by atoms with Gasteiger partial charge in [0.15, 0.2) is 5.82 Å². The molecule has 0 aliphatic heterocycles. The van der Waals surface area contributed by atoms with Crippen molar-refractivity contribution in [3.63, 3.8) is 0 Å². The summed E-state index contributed by atoms with van der Waals surface area (Å²) in [5.41, 5.74) is 1.09. The monoisotopic (exact) mass is 288 g/mol. The summed E-state index contributed by atoms with van der Waals surface area (Å²) in [4.78, 5) is 22.3. The standard InChI is InChI=1S/C13H12N4O4/c1-21-13(20)7-2-4-8(5-3-7)17-11(14-15-16-17)9-6-10(9)12(18)19/h2-5,9-10H,6H2,1H3,(H,18,19). The van der Waals surface area contributed by atoms with Crippen LogP contribution in [0, 0.1) is 5.92 Å². The number of hydrogen-bond acceptors (Lipinski definition) is 6. The summed E-state index contributed by atoms with van der Waals surface area (Å²) in [7, 11) is 1.31. The summed E-state index contributed by atoms with van der Waals surface area (Å²) in [6, 6.07) is 6.58. The maximum Gasteiger partial charge on any atom is 0.337 e. The Balaban J connectivity index is 1.87. The molecule has 1 aromatic carbocycles. The van der Waals surface area contributed by atoms with Crippen LogP contribution in [0.15, 0.2) is 24.3 Å². The topological polar surface area (TPSA) is 107 Å². The summed E-state index contributed by atoms with van der Waals surface area (Å²) in [6.07, 6.45) is 0.538. The van der Waals surface area contributed by atoms with Crippen LogP contribution in [0.1, 0.15) is 28.5 Å². The SMILES string of the molecule is COC(=O)c1ccc(-n2nnnc2C2CC2C(=O)O)cc1. The Kier molecular flexibility index (Phi) is 3.13. The van der Waals surface area contributed by atoms with Crippen molar-refractivity contribution in [1.29, 1.82) is 0 Å². The lowest BCUT2D eigenvalue weighted by Gasteiger charge is -2.05. The number of carboxylic acids is 1. The minimum absolute atomic E-state index is 0.169. The Morgan fingerprint density at radius 3 is 2.62 bits per heavy atom. The average Bonchev–Trinajstić information content (AvgIpc) is 3.16. The molecule has 2 aromatic rings. The largest absolute Gasteiger partial charge is 0.481 e. The first kappa shape index (κ1) is 13.2. The van der Waals surface area contributed by atoms with Crippen LogP contribution in [0.25, 0.3) is 5.69 Å². The summed E-state index contributed by atoms with van der Waals surface area (Å²) in [6.45, 7) is 0. The van der Waals surface area contributed by atoms with Gasteiger partial charge >= 0.3 is 11.9 Å². The van der Waals surface area contributed by atoms with Crippen LogP contribution in [0.4, 0.5) is 0 Å². The van der Waals surface area contributed by atoms with E-state index in [4.69, 9.17) is 5.11 Å². The van der Waals surface area contributed by atoms with Gasteiger partial charge in [0.2, 0.25) is 0 Å². The van der Waals surface area contributed by atoms with Gasteiger partial charge in [-0.3, -0.25) is 4.79 Å². The first-order valence-corrected chi connectivity index (χ1v) is 6.31. The van der Waals surface area contributed by atoms with Crippen LogP contribution in [-0.2, 0) is 9.53 Å². The first-order chi connectivity index (χ1) is 10.1. The maximum absolute atomic E-state index is 11.4. The number of hydrogen-bond donors (Lipinski definition) is 1. The fourth-order valence-electron chi connectivity index (χ4n) is 2.22. The fourth-order valence-corrected chi connectivity index (χ4v) is 2.22. The van der Waals surface area contributed by atoms with Gasteiger partial charge in [-0.2, -0.15) is 4.68 Å². The highest BCUT2D eigenvalue weighted by molar-refractivity contribution is 5.89. The normalized spacial score (nSPS) is 20.0. The average molecular weight is 288 g/mol. The zero-order chi connectivity index (χ0) is 15.0. The van der Waals surface area contributed by atoms with Crippen LogP contribution in [0.2, 0.25) is 0 Å². The predicted molar refractivity (Wildman–Crippen MR) is 69.0 cm³/mol. The molecule has 1 saturated carbocycles. The lowest BCUT2D eigenvalue weighted by Crippen LogP contribution is -2.06. The number of nitrogens with zero attached hydrogens (tertiary/aromatic N) is 4. The van der Waals surface area contributed by atoms with Crippen molar-refractivity contribution in [2.24, 2.45) is 5.92 Å². The molecule has 1 aliphatic carbocycles. The van der Waals surface area contributed by atoms with E-state index in [0.717, 1.165) is 0 Å². The summed E-state index contributed by atoms with van der Waals surface area (Å²) in [5, 5.41) is 20.4. The highest BCUT2D eigenvalue weighted by Crippen LogP contribution is 2.46. The van der Waals surface area contributed by atoms with Crippen molar-refractivity contribution in [2.75, 3.05) is 7.11 Å². The van der Waals surface area contributed by atoms with Gasteiger partial charge in [-0.05, 0) is 41.1 Å². The van der Waals surface area contributed by atoms with E-state index in [0.29, 0.717) is 23.5 Å². The second-order valence-corrected chi connectivity index (χ2v) is 4.77. The number of methoxy groups -OCH3 is 1. The number of carbonyl (C=O) groups excluding carboxylic acids is 1. The second-order valence-electron chi connectivity index (χ2n) is 4.77. The summed E-state index contributed by atoms with van der Waals surface area (Å²) in [5.74, 6) is -1.34. The molecule has 1 fully saturated rings. The first-order valence-electron chi connectivity index (χ1n) is 6.31. The minimum atomic E-state index is -0.837. The van der Waals surface area contributed by atoms with E-state index < -0.39 is 17.9 Å². The van der Waals surface area contributed by atoms with Gasteiger partial charge in [0, 0.05) is 5.92 Å². The molecule has 0 bridgehead atoms. The number of aliphatic carboxylic acids is 1. The molecule has 0 spiro atoms. The van der Waals surface area contributed by atoms with E-state index in [1.54, 1.807) is 24.3 Å². The van der Waals surface area contributed by atoms with Gasteiger partial charge < -0.3 is 9.84 Å². The van der Waals surface area contributed by atoms with Gasteiger partial charge in [0.1, 0.15) is 0 Å². The molecule has 1 heterocycles. The molecule has 8 nitrogen and oxygen atoms in total. The molecule has 1 aliphatic rings. The molecule has 8 heteroatoms. The van der Waals surface area contributed by atoms with Crippen molar-refractivity contribution in [2.45, 2.75) is 12.3 Å². The molecule has 0 amide bonds. The highest BCUT2D eigenvalue weighted by atomic mass is 16.5. The quantitative estimate of drug-likeness (QED) is 0.822. The van der Waals surface area contributed by atoms with Gasteiger partial charge in [0.05, 0.1) is 24.3 Å². The molecule has 2 unspecified atom stereocenters. The zero-order valence-corrected chi connectivity index (χ0v) is 11.1. The number of rotatable bonds is 4. The van der Waals surface area contributed by atoms with E-state index in [9.17, 15) is 9.59 Å². The van der Waals surface area contributed by atoms with E-state index in [1.165, 1.54) is 11.8 Å². The lowest BCUT2D eigenvalue weighted by atomic mass is 10.2. The van der Waals surface area contributed by atoms with Gasteiger partial charge in [-0.25, -0.2) is 4.79 Å². The molecule has 0 radical (unpaired) electrons. The van der Waals surface area contributed by atoms with E-state index in [2.05, 4.69) is 20.3 Å². The van der Waals surface area contributed by atoms with E-state index >= 15 is 0 Å². The molecule has 2 atom stereocenters. The predicted octanol–water partition coefficient (Wildman–Crippen LogP) is 0.637. The number of ether oxygens (including phenoxy) is 1. The Bertz CT molecular complexity index is 694. The molecule has 3 rings (SSSR count). The third-order valence-electron chi connectivity index (χ3n) is 3.47. The molecular formula is C13H12N4O4. The molecular weight excluding hydrogens is 276 g/mol. The lowest BCUT2D eigenvalue weighted by molar-refractivity contribution is -0.138. The third-order valence-corrected chi connectivity index (χ3v) is 3.47. The number of benzene rings is 1. The summed E-state index contributed by atoms with van der Waals surface area (Å²) < 4.78 is 6.12. The van der Waals surface area contributed by atoms with Crippen molar-refractivity contribution < 1.29 is 19.4 Å². The third kappa shape index (κ3) is 2.35. The molecule has 1 aromatic heterocycles. The van der Waals surface area contributed by atoms with Crippen LogP contribution < -0.4 is 0 Å². The van der Waals surface area contributed by atoms with Crippen LogP contribution in [0.5, 0.6) is 0 Å². The Hall–Kier alpha value is -2.77. The Morgan fingerprint density at radius 2 is 2.05 bits per heavy atom. The summed E-state index contributed by atoms with van der Waals surface area (Å²) >= 11 is 0. The minimum Gasteiger partial charge on any atom is -0.481 e. The molecule has 108 valence electrons. The number of carboxylic acid groups (broad SMARTS) is 1. The van der Waals surface area contributed by atoms with Crippen molar-refractivity contribution in [1.82, 2.24) is 20.2 Å². The smallest absolute Gasteiger partial charge is 0.337 e. The van der Waals surface area contributed by atoms with Gasteiger partial charge in [-0.15, -0.1) is 5.10 Å². The molecule has 21 heavy (non-hydrogen) atoms. The maximum atomic E-state index is 11.4. The van der Waals surface area contributed by atoms with E-state index in [-0.39, 0.29) is 5.92 Å². The number of tetrazole rings is 1. The van der Waals surface area contributed by atoms with Crippen molar-refractivity contribution >= 4 is 11.9 Å².